The number of rotatable bonds is 0. The minimum Gasteiger partial charge on any atom is -0.508 e. The van der Waals surface area contributed by atoms with Crippen molar-refractivity contribution in [2.45, 2.75) is 13.8 Å². The lowest BCUT2D eigenvalue weighted by Crippen LogP contribution is -2.37. The molecule has 1 heterocycles. The third kappa shape index (κ3) is 1.73. The highest BCUT2D eigenvalue weighted by molar-refractivity contribution is 5.79. The first kappa shape index (κ1) is 12.8. The van der Waals surface area contributed by atoms with Gasteiger partial charge in [0.05, 0.1) is 11.4 Å². The molecule has 3 nitrogen and oxygen atoms in total. The topological polar surface area (TPSA) is 26.7 Å². The minimum atomic E-state index is 0. The Kier molecular flexibility index (Phi) is 3.41. The Bertz CT molecular complexity index is 406. The fraction of sp³-hybridized carbons (Fsp3) is 0.500. The molecular weight excluding hydrogens is 199 g/mol. The monoisotopic (exact) mass is 217 g/mol. The number of phenolic OH excluding ortho intramolecular Hbond substituents is 1. The van der Waals surface area contributed by atoms with Gasteiger partial charge in [-0.3, -0.25) is 0 Å². The third-order valence-electron chi connectivity index (χ3n) is 3.38. The highest BCUT2D eigenvalue weighted by Gasteiger charge is 2.22. The number of likely N-dealkylation sites (N-methyl/N-ethyl adjacent to an activating group) is 2. The average molecular weight is 217 g/mol. The molecule has 0 aliphatic carbocycles. The van der Waals surface area contributed by atoms with Gasteiger partial charge in [0.25, 0.3) is 0 Å². The van der Waals surface area contributed by atoms with Gasteiger partial charge in [0.15, 0.2) is 0 Å². The van der Waals surface area contributed by atoms with Crippen LogP contribution in [-0.2, 0) is 0 Å². The molecule has 0 saturated heterocycles. The van der Waals surface area contributed by atoms with Crippen LogP contribution in [0.3, 0.4) is 0 Å². The normalized spacial score (nSPS) is 14.5. The van der Waals surface area contributed by atoms with Crippen LogP contribution in [0.5, 0.6) is 5.75 Å². The van der Waals surface area contributed by atoms with Gasteiger partial charge in [-0.05, 0) is 25.0 Å². The van der Waals surface area contributed by atoms with Crippen LogP contribution in [0.2, 0.25) is 0 Å². The van der Waals surface area contributed by atoms with Crippen molar-refractivity contribution in [3.63, 3.8) is 0 Å². The molecule has 2 rings (SSSR count). The van der Waals surface area contributed by atoms with Crippen LogP contribution >= 0.6 is 0 Å². The van der Waals surface area contributed by atoms with E-state index < -0.39 is 0 Å². The maximum absolute atomic E-state index is 9.81. The van der Waals surface area contributed by atoms with Crippen LogP contribution in [0.4, 0.5) is 11.4 Å². The zero-order valence-corrected chi connectivity index (χ0v) is 10.4. The van der Waals surface area contributed by atoms with Crippen molar-refractivity contribution in [1.29, 1.82) is 0 Å². The summed E-state index contributed by atoms with van der Waals surface area (Å²) in [6.07, 6.45) is 0. The highest BCUT2D eigenvalue weighted by atomic mass is 16.3. The molecule has 1 N–H and O–H groups in total. The smallest absolute Gasteiger partial charge is 0.120 e. The van der Waals surface area contributed by atoms with Crippen molar-refractivity contribution in [3.8, 4) is 5.75 Å². The standard InChI is InChI=1S/C12H18N2O.B/c1-8-9(2)12-10(7-11(8)15)13(3)5-6-14(12)4;/h7,15H,5-6H2,1-4H3;. The summed E-state index contributed by atoms with van der Waals surface area (Å²) >= 11 is 0. The van der Waals surface area contributed by atoms with Crippen LogP contribution in [0.15, 0.2) is 6.07 Å². The first-order valence-electron chi connectivity index (χ1n) is 5.28. The van der Waals surface area contributed by atoms with E-state index in [9.17, 15) is 5.11 Å². The van der Waals surface area contributed by atoms with E-state index in [0.29, 0.717) is 5.75 Å². The molecule has 3 radical (unpaired) electrons. The molecule has 0 unspecified atom stereocenters. The number of hydrogen-bond donors (Lipinski definition) is 1. The van der Waals surface area contributed by atoms with Crippen molar-refractivity contribution in [1.82, 2.24) is 0 Å². The SMILES string of the molecule is Cc1c(O)cc2c(c1C)N(C)CCN2C.[B]. The summed E-state index contributed by atoms with van der Waals surface area (Å²) in [5.74, 6) is 0.397. The summed E-state index contributed by atoms with van der Waals surface area (Å²) < 4.78 is 0. The van der Waals surface area contributed by atoms with Gasteiger partial charge in [-0.25, -0.2) is 0 Å². The molecule has 1 aromatic rings. The Morgan fingerprint density at radius 3 is 2.25 bits per heavy atom. The summed E-state index contributed by atoms with van der Waals surface area (Å²) in [4.78, 5) is 4.46. The summed E-state index contributed by atoms with van der Waals surface area (Å²) in [6, 6.07) is 1.87. The zero-order valence-electron chi connectivity index (χ0n) is 10.4. The Morgan fingerprint density at radius 2 is 1.62 bits per heavy atom. The van der Waals surface area contributed by atoms with E-state index in [4.69, 9.17) is 0 Å². The van der Waals surface area contributed by atoms with E-state index in [1.165, 1.54) is 11.3 Å². The van der Waals surface area contributed by atoms with Crippen molar-refractivity contribution in [2.75, 3.05) is 37.0 Å². The average Bonchev–Trinajstić information content (AvgIpc) is 2.20. The molecule has 1 aliphatic heterocycles. The lowest BCUT2D eigenvalue weighted by molar-refractivity contribution is 0.470. The lowest BCUT2D eigenvalue weighted by Gasteiger charge is -2.36. The van der Waals surface area contributed by atoms with E-state index in [2.05, 4.69) is 30.8 Å². The van der Waals surface area contributed by atoms with Crippen molar-refractivity contribution >= 4 is 19.8 Å². The quantitative estimate of drug-likeness (QED) is 0.667. The second-order valence-electron chi connectivity index (χ2n) is 4.36. The number of anilines is 2. The van der Waals surface area contributed by atoms with Gasteiger partial charge in [0.2, 0.25) is 0 Å². The Balaban J connectivity index is 0.00000128. The molecule has 0 aromatic heterocycles. The van der Waals surface area contributed by atoms with E-state index in [1.807, 2.05) is 13.0 Å². The molecule has 1 aromatic carbocycles. The minimum absolute atomic E-state index is 0. The molecule has 1 aliphatic rings. The molecule has 16 heavy (non-hydrogen) atoms. The molecule has 0 saturated carbocycles. The van der Waals surface area contributed by atoms with Crippen LogP contribution in [-0.4, -0.2) is 40.7 Å². The lowest BCUT2D eigenvalue weighted by atomic mass is 10.0. The fourth-order valence-corrected chi connectivity index (χ4v) is 2.17. The van der Waals surface area contributed by atoms with Crippen molar-refractivity contribution in [2.24, 2.45) is 0 Å². The van der Waals surface area contributed by atoms with Crippen molar-refractivity contribution < 1.29 is 5.11 Å². The van der Waals surface area contributed by atoms with Gasteiger partial charge in [0.1, 0.15) is 5.75 Å². The van der Waals surface area contributed by atoms with Crippen LogP contribution in [0.1, 0.15) is 11.1 Å². The van der Waals surface area contributed by atoms with Gasteiger partial charge < -0.3 is 14.9 Å². The van der Waals surface area contributed by atoms with Gasteiger partial charge in [-0.2, -0.15) is 0 Å². The Hall–Kier alpha value is -1.32. The van der Waals surface area contributed by atoms with Gasteiger partial charge >= 0.3 is 0 Å². The van der Waals surface area contributed by atoms with Crippen LogP contribution in [0.25, 0.3) is 0 Å². The van der Waals surface area contributed by atoms with Crippen LogP contribution < -0.4 is 9.80 Å². The number of aromatic hydroxyl groups is 1. The Morgan fingerprint density at radius 1 is 1.06 bits per heavy atom. The first-order chi connectivity index (χ1) is 7.02. The van der Waals surface area contributed by atoms with Gasteiger partial charge in [0, 0.05) is 41.7 Å². The van der Waals surface area contributed by atoms with Gasteiger partial charge in [-0.15, -0.1) is 0 Å². The predicted octanol–water partition coefficient (Wildman–Crippen LogP) is 1.51. The van der Waals surface area contributed by atoms with Crippen molar-refractivity contribution in [3.05, 3.63) is 17.2 Å². The number of nitrogens with zero attached hydrogens (tertiary/aromatic N) is 2. The number of fused-ring (bicyclic) bond motifs is 1. The second-order valence-corrected chi connectivity index (χ2v) is 4.36. The second kappa shape index (κ2) is 4.28. The summed E-state index contributed by atoms with van der Waals surface area (Å²) in [7, 11) is 4.18. The maximum Gasteiger partial charge on any atom is 0.120 e. The fourth-order valence-electron chi connectivity index (χ4n) is 2.17. The number of phenols is 1. The van der Waals surface area contributed by atoms with E-state index in [1.54, 1.807) is 0 Å². The molecule has 0 atom stereocenters. The van der Waals surface area contributed by atoms with E-state index in [-0.39, 0.29) is 8.41 Å². The van der Waals surface area contributed by atoms with E-state index >= 15 is 0 Å². The highest BCUT2D eigenvalue weighted by Crippen LogP contribution is 2.40. The molecule has 4 heteroatoms. The van der Waals surface area contributed by atoms with Crippen LogP contribution in [0, 0.1) is 13.8 Å². The molecular formula is C12H18BN2O. The molecule has 0 bridgehead atoms. The molecule has 0 fully saturated rings. The maximum atomic E-state index is 9.81. The zero-order chi connectivity index (χ0) is 11.2. The predicted molar refractivity (Wildman–Crippen MR) is 69.9 cm³/mol. The molecule has 0 spiro atoms. The summed E-state index contributed by atoms with van der Waals surface area (Å²) in [6.45, 7) is 6.08. The largest absolute Gasteiger partial charge is 0.508 e. The van der Waals surface area contributed by atoms with E-state index in [0.717, 1.165) is 24.3 Å². The molecule has 0 amide bonds. The summed E-state index contributed by atoms with van der Waals surface area (Å²) in [5.41, 5.74) is 4.54. The first-order valence-corrected chi connectivity index (χ1v) is 5.28. The number of hydrogen-bond acceptors (Lipinski definition) is 3. The van der Waals surface area contributed by atoms with Gasteiger partial charge in [-0.1, -0.05) is 0 Å². The molecule has 85 valence electrons. The summed E-state index contributed by atoms with van der Waals surface area (Å²) in [5, 5.41) is 9.81. The Labute approximate surface area is 99.3 Å². The third-order valence-corrected chi connectivity index (χ3v) is 3.38. The number of benzene rings is 1.